The molecule has 0 bridgehead atoms. The first-order chi connectivity index (χ1) is 71.0. The highest BCUT2D eigenvalue weighted by molar-refractivity contribution is 6.36. The van der Waals surface area contributed by atoms with Crippen molar-refractivity contribution in [2.24, 2.45) is 16.6 Å². The van der Waals surface area contributed by atoms with Crippen molar-refractivity contribution in [1.29, 1.82) is 0 Å². The van der Waals surface area contributed by atoms with Crippen LogP contribution in [0.4, 0.5) is 5.69 Å². The Balaban J connectivity index is 0.000000179. The maximum Gasteiger partial charge on any atom is 0.396 e. The van der Waals surface area contributed by atoms with Crippen LogP contribution in [0.25, 0.3) is 4.85 Å². The number of piperidine rings is 1. The molecule has 0 aliphatic carbocycles. The van der Waals surface area contributed by atoms with E-state index in [2.05, 4.69) is 74.4 Å². The van der Waals surface area contributed by atoms with Crippen LogP contribution < -0.4 is 34.7 Å². The Kier molecular flexibility index (Phi) is 45.1. The summed E-state index contributed by atoms with van der Waals surface area (Å²) in [5, 5.41) is 12.2. The lowest BCUT2D eigenvalue weighted by Crippen LogP contribution is -2.40. The van der Waals surface area contributed by atoms with Gasteiger partial charge in [0.15, 0.2) is 5.69 Å². The van der Waals surface area contributed by atoms with E-state index in [4.69, 9.17) is 36.0 Å². The second-order valence-electron chi connectivity index (χ2n) is 35.8. The number of benzene rings is 10. The zero-order chi connectivity index (χ0) is 106. The minimum absolute atomic E-state index is 0.0101. The van der Waals surface area contributed by atoms with Crippen molar-refractivity contribution < 1.29 is 95.7 Å². The first-order valence-electron chi connectivity index (χ1n) is 49.4. The van der Waals surface area contributed by atoms with Crippen molar-refractivity contribution in [3.63, 3.8) is 0 Å². The molecule has 0 atom stereocenters. The van der Waals surface area contributed by atoms with Gasteiger partial charge in [0.2, 0.25) is 11.6 Å². The number of Topliss-reactive ketones (excluding diaryl/α,β-unsaturated/α-hetero) is 2. The molecule has 147 heavy (non-hydrogen) atoms. The van der Waals surface area contributed by atoms with E-state index in [1.807, 2.05) is 194 Å². The molecule has 0 unspecified atom stereocenters. The number of esters is 3. The van der Waals surface area contributed by atoms with E-state index in [1.165, 1.54) is 87.8 Å². The number of carbonyl (C=O) groups excluding carboxylic acids is 11. The zero-order valence-corrected chi connectivity index (χ0v) is 85.5. The molecule has 1 fully saturated rings. The molecular weight excluding hydrogens is 1870 g/mol. The first-order valence-corrected chi connectivity index (χ1v) is 49.4. The molecule has 0 aromatic heterocycles. The van der Waals surface area contributed by atoms with Crippen LogP contribution >= 0.6 is 0 Å². The number of hydrogen-bond donors (Lipinski definition) is 3. The van der Waals surface area contributed by atoms with Gasteiger partial charge in [-0.05, 0) is 265 Å². The largest absolute Gasteiger partial charge is 0.508 e. The predicted molar refractivity (Wildman–Crippen MR) is 561 cm³/mol. The van der Waals surface area contributed by atoms with Gasteiger partial charge in [0.25, 0.3) is 17.7 Å². The van der Waals surface area contributed by atoms with E-state index >= 15 is 0 Å². The van der Waals surface area contributed by atoms with Crippen LogP contribution in [0.1, 0.15) is 166 Å². The zero-order valence-electron chi connectivity index (χ0n) is 85.5. The lowest BCUT2D eigenvalue weighted by Gasteiger charge is -2.29. The number of carbonyl (C=O) groups is 11. The second kappa shape index (κ2) is 58.7. The fraction of sp³-hybridized carbons (Fsp3) is 0.342. The van der Waals surface area contributed by atoms with Crippen molar-refractivity contribution >= 4 is 76.4 Å². The number of rotatable bonds is 22. The monoisotopic (exact) mass is 2000 g/mol. The molecular formula is C117H134N10O20. The summed E-state index contributed by atoms with van der Waals surface area (Å²) in [6.45, 7) is 31.3. The standard InChI is InChI=1S/C21H23N3O3.C21H30N2O3.C20H18N2O4.C19H19NO4.C16H15NO2.C12H13NO4.2C4H8/c1-14(25)21(26)24-10-9-17-11-19(8-7-18(17)12-24)27-13-15-3-5-16(6-4-15)20(22)23-2;1-16(24)21(25)23-12-9-18-14-20(6-5-19(18)15-23)26-13-3-4-17-7-10-22(2)11-8-17;1-21-17-6-3-14(4-7-17)13-26-18-8-5-16-12-22(10-9-15(16)11-18)19(23)20(24)25-2;1-23-19(22)18(21)20-10-9-15-11-17(8-7-16(15)12-20)24-13-14-5-3-2-4-6-14;18-16-15-7-6-14(10-13(15)8-9-17-16)19-11-12-4-2-1-3-5-12;1-17-12(16)11(15)13-5-4-8-6-10(14)3-2-9(8)7-13;2*1-3-4-2/h3-8,11H,9-10,12-13H2,1-2H3,(H2,22,23);5-6,14,17H,3-4,7-13,15H2,1-2H3;3-8,11H,9-10,12-13H2,2H3;2-8,11H,9-10,12-13H2,1H3;1-7,10H,8-9,11H2,(H,17,18);2-3,6,14H,4-5,7H2,1H3;2*3H,1,4H2,2H3. The van der Waals surface area contributed by atoms with Gasteiger partial charge < -0.3 is 83.5 Å². The molecule has 4 N–H and O–H groups in total. The van der Waals surface area contributed by atoms with Crippen LogP contribution in [0.5, 0.6) is 34.5 Å². The number of ether oxygens (including phenoxy) is 8. The van der Waals surface area contributed by atoms with E-state index in [0.717, 1.165) is 169 Å². The SMILES string of the molecule is C=CCC.C=CCC.CC(=O)C(=O)N1CCc2cc(OCCCC3CCN(C)CC3)ccc2C1.CN=C(N)c1ccc(COc2ccc3c(c2)CCN(C(=O)C(C)=O)C3)cc1.COC(=O)C(=O)N1CCc2cc(O)ccc2C1.COC(=O)C(=O)N1CCc2cc(OCc3ccccc3)ccc2C1.O=C1NCCc2cc(OCc3ccccc3)ccc21.[C-]#[N+]c1ccc(COc2ccc3c(c2)CCN(C(=O)C(=O)OC)C3)cc1. The van der Waals surface area contributed by atoms with Crippen molar-refractivity contribution in [3.05, 3.63) is 350 Å². The average molecular weight is 2000 g/mol. The minimum Gasteiger partial charge on any atom is -0.508 e. The van der Waals surface area contributed by atoms with E-state index < -0.39 is 53.1 Å². The molecule has 7 aliphatic rings. The number of hydrogen-bond acceptors (Lipinski definition) is 22. The number of methoxy groups -OCH3 is 3. The number of allylic oxidation sites excluding steroid dienone is 2. The minimum atomic E-state index is -0.841. The number of nitrogens with one attached hydrogen (secondary N) is 1. The lowest BCUT2D eigenvalue weighted by molar-refractivity contribution is -0.158. The predicted octanol–water partition coefficient (Wildman–Crippen LogP) is 16.1. The van der Waals surface area contributed by atoms with E-state index in [9.17, 15) is 57.8 Å². The second-order valence-corrected chi connectivity index (χ2v) is 35.8. The van der Waals surface area contributed by atoms with Gasteiger partial charge in [-0.15, -0.1) is 13.2 Å². The average Bonchev–Trinajstić information content (AvgIpc) is 0.841. The summed E-state index contributed by atoms with van der Waals surface area (Å²) < 4.78 is 42.7. The number of aliphatic imine (C=N–C) groups is 1. The van der Waals surface area contributed by atoms with Crippen molar-refractivity contribution in [3.8, 4) is 34.5 Å². The third-order valence-corrected chi connectivity index (χ3v) is 25.4. The molecule has 0 spiro atoms. The number of nitrogens with two attached hydrogens (primary N) is 1. The number of fused-ring (bicyclic) bond motifs is 6. The summed E-state index contributed by atoms with van der Waals surface area (Å²) >= 11 is 0. The van der Waals surface area contributed by atoms with Crippen LogP contribution in [-0.2, 0) is 160 Å². The molecule has 0 radical (unpaired) electrons. The van der Waals surface area contributed by atoms with Crippen LogP contribution in [0, 0.1) is 12.5 Å². The Morgan fingerprint density at radius 3 is 1.10 bits per heavy atom. The highest BCUT2D eigenvalue weighted by Gasteiger charge is 2.32. The maximum absolute atomic E-state index is 11.9. The molecule has 30 heteroatoms. The molecule has 0 saturated carbocycles. The van der Waals surface area contributed by atoms with Crippen LogP contribution in [0.15, 0.2) is 249 Å². The topological polar surface area (TPSA) is 356 Å². The Morgan fingerprint density at radius 1 is 0.429 bits per heavy atom. The molecule has 6 amide bonds. The summed E-state index contributed by atoms with van der Waals surface area (Å²) in [5.41, 5.74) is 24.2. The number of phenolic OH excluding ortho intramolecular Hbond substituents is 1. The molecule has 1 saturated heterocycles. The number of aromatic hydroxyl groups is 1. The molecule has 7 heterocycles. The van der Waals surface area contributed by atoms with Gasteiger partial charge in [-0.25, -0.2) is 19.2 Å². The van der Waals surface area contributed by atoms with Crippen molar-refractivity contribution in [1.82, 2.24) is 34.7 Å². The fourth-order valence-electron chi connectivity index (χ4n) is 16.8. The Bertz CT molecular complexity index is 6250. The molecule has 772 valence electrons. The third kappa shape index (κ3) is 35.2. The van der Waals surface area contributed by atoms with E-state index in [-0.39, 0.29) is 17.6 Å². The number of amidine groups is 1. The van der Waals surface area contributed by atoms with Crippen molar-refractivity contribution in [2.75, 3.05) is 94.4 Å². The maximum atomic E-state index is 11.9. The van der Waals surface area contributed by atoms with Crippen LogP contribution in [0.3, 0.4) is 0 Å². The van der Waals surface area contributed by atoms with Gasteiger partial charge in [0, 0.05) is 104 Å². The van der Waals surface area contributed by atoms with Gasteiger partial charge in [-0.2, -0.15) is 0 Å². The number of phenols is 1. The highest BCUT2D eigenvalue weighted by Crippen LogP contribution is 2.33. The smallest absolute Gasteiger partial charge is 0.396 e. The molecule has 30 nitrogen and oxygen atoms in total. The molecule has 10 aromatic rings. The Morgan fingerprint density at radius 2 is 0.755 bits per heavy atom. The highest BCUT2D eigenvalue weighted by atomic mass is 16.5. The summed E-state index contributed by atoms with van der Waals surface area (Å²) in [6.07, 6.45) is 15.2. The first kappa shape index (κ1) is 113. The lowest BCUT2D eigenvalue weighted by atomic mass is 9.93. The number of ketones is 2. The van der Waals surface area contributed by atoms with Gasteiger partial charge in [0.1, 0.15) is 66.8 Å². The Labute approximate surface area is 861 Å². The Hall–Kier alpha value is -16.0. The van der Waals surface area contributed by atoms with E-state index in [1.54, 1.807) is 47.2 Å². The summed E-state index contributed by atoms with van der Waals surface area (Å²) in [7, 11) is 7.48. The quantitative estimate of drug-likeness (QED) is 0.00829. The van der Waals surface area contributed by atoms with Crippen LogP contribution in [0.2, 0.25) is 0 Å². The van der Waals surface area contributed by atoms with Crippen molar-refractivity contribution in [2.45, 2.75) is 164 Å². The van der Waals surface area contributed by atoms with Crippen LogP contribution in [-0.4, -0.2) is 200 Å². The van der Waals surface area contributed by atoms with Gasteiger partial charge in [0.05, 0.1) is 34.5 Å². The number of amides is 6. The third-order valence-electron chi connectivity index (χ3n) is 25.4. The fourth-order valence-corrected chi connectivity index (χ4v) is 16.8. The normalized spacial score (nSPS) is 13.9. The number of likely N-dealkylation sites (tertiary alicyclic amines) is 1. The summed E-state index contributed by atoms with van der Waals surface area (Å²) in [5.74, 6) is -0.251. The van der Waals surface area contributed by atoms with Gasteiger partial charge in [-0.1, -0.05) is 166 Å². The van der Waals surface area contributed by atoms with Gasteiger partial charge in [-0.3, -0.25) is 43.3 Å². The molecule has 17 rings (SSSR count). The molecule has 7 aliphatic heterocycles. The number of nitrogens with zero attached hydrogens (tertiary/aromatic N) is 8. The molecule has 10 aromatic carbocycles. The summed E-state index contributed by atoms with van der Waals surface area (Å²) in [6, 6.07) is 69.4. The summed E-state index contributed by atoms with van der Waals surface area (Å²) in [4.78, 5) is 145. The van der Waals surface area contributed by atoms with E-state index in [0.29, 0.717) is 129 Å². The van der Waals surface area contributed by atoms with Gasteiger partial charge >= 0.3 is 35.6 Å².